The van der Waals surface area contributed by atoms with Crippen molar-refractivity contribution in [2.24, 2.45) is 16.8 Å². The molecule has 0 radical (unpaired) electrons. The lowest BCUT2D eigenvalue weighted by atomic mass is 9.92. The van der Waals surface area contributed by atoms with E-state index in [0.29, 0.717) is 38.0 Å². The van der Waals surface area contributed by atoms with Gasteiger partial charge in [0.2, 0.25) is 10.0 Å². The maximum absolute atomic E-state index is 12.8. The van der Waals surface area contributed by atoms with Crippen LogP contribution >= 0.6 is 0 Å². The topological polar surface area (TPSA) is 81.1 Å². The molecule has 0 amide bonds. The minimum Gasteiger partial charge on any atom is -0.357 e. The summed E-state index contributed by atoms with van der Waals surface area (Å²) in [6.07, 6.45) is 3.00. The van der Waals surface area contributed by atoms with Crippen LogP contribution in [0.2, 0.25) is 0 Å². The molecule has 0 aliphatic carbocycles. The molecule has 0 aromatic carbocycles. The van der Waals surface area contributed by atoms with Gasteiger partial charge in [-0.15, -0.1) is 0 Å². The molecule has 1 aromatic heterocycles. The van der Waals surface area contributed by atoms with Crippen molar-refractivity contribution in [1.29, 1.82) is 0 Å². The van der Waals surface area contributed by atoms with Crippen LogP contribution in [0, 0.1) is 11.8 Å². The molecule has 2 saturated heterocycles. The number of piperidine rings is 1. The number of aliphatic imine (C=N–C) groups is 1. The molecule has 2 unspecified atom stereocenters. The molecule has 30 heavy (non-hydrogen) atoms. The van der Waals surface area contributed by atoms with Crippen LogP contribution < -0.4 is 10.2 Å². The number of likely N-dealkylation sites (tertiary alicyclic amines) is 1. The third-order valence-corrected chi connectivity index (χ3v) is 7.57. The summed E-state index contributed by atoms with van der Waals surface area (Å²) in [4.78, 5) is 13.4. The van der Waals surface area contributed by atoms with Gasteiger partial charge >= 0.3 is 0 Å². The Balaban J connectivity index is 1.54. The number of pyridine rings is 1. The first-order chi connectivity index (χ1) is 14.4. The van der Waals surface area contributed by atoms with E-state index in [1.165, 1.54) is 6.42 Å². The van der Waals surface area contributed by atoms with Gasteiger partial charge in [-0.2, -0.15) is 4.31 Å². The molecular formula is C21H36N6O2S. The number of rotatable bonds is 6. The molecule has 1 aromatic rings. The predicted octanol–water partition coefficient (Wildman–Crippen LogP) is 1.48. The number of anilines is 1. The largest absolute Gasteiger partial charge is 0.357 e. The molecule has 0 saturated carbocycles. The van der Waals surface area contributed by atoms with E-state index in [-0.39, 0.29) is 12.3 Å². The first-order valence-corrected chi connectivity index (χ1v) is 12.7. The predicted molar refractivity (Wildman–Crippen MR) is 122 cm³/mol. The molecule has 8 nitrogen and oxygen atoms in total. The van der Waals surface area contributed by atoms with E-state index in [1.54, 1.807) is 10.5 Å². The summed E-state index contributed by atoms with van der Waals surface area (Å²) in [5.74, 6) is 3.03. The van der Waals surface area contributed by atoms with Gasteiger partial charge in [-0.25, -0.2) is 13.4 Å². The van der Waals surface area contributed by atoms with Crippen molar-refractivity contribution in [2.45, 2.75) is 27.2 Å². The Morgan fingerprint density at radius 3 is 2.47 bits per heavy atom. The molecule has 0 spiro atoms. The van der Waals surface area contributed by atoms with E-state index in [2.05, 4.69) is 38.9 Å². The van der Waals surface area contributed by atoms with Crippen LogP contribution in [0.25, 0.3) is 0 Å². The van der Waals surface area contributed by atoms with E-state index in [9.17, 15) is 8.42 Å². The molecule has 168 valence electrons. The average molecular weight is 437 g/mol. The molecule has 3 rings (SSSR count). The number of nitrogens with zero attached hydrogens (tertiary/aromatic N) is 5. The number of guanidine groups is 1. The van der Waals surface area contributed by atoms with E-state index in [0.717, 1.165) is 31.4 Å². The zero-order valence-electron chi connectivity index (χ0n) is 18.5. The maximum atomic E-state index is 12.8. The summed E-state index contributed by atoms with van der Waals surface area (Å²) in [5, 5.41) is 3.34. The van der Waals surface area contributed by atoms with Gasteiger partial charge in [-0.1, -0.05) is 19.9 Å². The van der Waals surface area contributed by atoms with Crippen molar-refractivity contribution in [1.82, 2.24) is 19.5 Å². The summed E-state index contributed by atoms with van der Waals surface area (Å²) >= 11 is 0. The van der Waals surface area contributed by atoms with Crippen LogP contribution in [0.15, 0.2) is 29.4 Å². The van der Waals surface area contributed by atoms with Crippen molar-refractivity contribution in [3.63, 3.8) is 0 Å². The second kappa shape index (κ2) is 10.4. The van der Waals surface area contributed by atoms with Gasteiger partial charge in [0.15, 0.2) is 5.96 Å². The zero-order valence-corrected chi connectivity index (χ0v) is 19.3. The summed E-state index contributed by atoms with van der Waals surface area (Å²) < 4.78 is 27.3. The van der Waals surface area contributed by atoms with Gasteiger partial charge in [-0.3, -0.25) is 4.99 Å². The van der Waals surface area contributed by atoms with E-state index >= 15 is 0 Å². The normalized spacial score (nSPS) is 24.2. The molecule has 3 heterocycles. The van der Waals surface area contributed by atoms with Crippen molar-refractivity contribution < 1.29 is 8.42 Å². The maximum Gasteiger partial charge on any atom is 0.216 e. The van der Waals surface area contributed by atoms with Crippen LogP contribution in [0.4, 0.5) is 5.82 Å². The Kier molecular flexibility index (Phi) is 7.93. The highest BCUT2D eigenvalue weighted by Crippen LogP contribution is 2.21. The van der Waals surface area contributed by atoms with Gasteiger partial charge < -0.3 is 15.1 Å². The fraction of sp³-hybridized carbons (Fsp3) is 0.714. The van der Waals surface area contributed by atoms with Crippen LogP contribution in [-0.2, 0) is 10.0 Å². The number of nitrogens with one attached hydrogen (secondary N) is 1. The highest BCUT2D eigenvalue weighted by Gasteiger charge is 2.28. The summed E-state index contributed by atoms with van der Waals surface area (Å²) in [6.45, 7) is 11.9. The number of piperazine rings is 1. The first kappa shape index (κ1) is 22.8. The highest BCUT2D eigenvalue weighted by atomic mass is 32.2. The third-order valence-electron chi connectivity index (χ3n) is 5.72. The minimum atomic E-state index is -3.32. The molecule has 1 N–H and O–H groups in total. The average Bonchev–Trinajstić information content (AvgIpc) is 2.73. The summed E-state index contributed by atoms with van der Waals surface area (Å²) in [6, 6.07) is 5.80. The monoisotopic (exact) mass is 436 g/mol. The second-order valence-electron chi connectivity index (χ2n) is 8.48. The van der Waals surface area contributed by atoms with Gasteiger partial charge in [0.25, 0.3) is 0 Å². The molecule has 2 atom stereocenters. The van der Waals surface area contributed by atoms with Crippen molar-refractivity contribution in [2.75, 3.05) is 63.0 Å². The molecule has 0 bridgehead atoms. The molecular weight excluding hydrogens is 400 g/mol. The molecule has 2 fully saturated rings. The number of hydrogen-bond acceptors (Lipinski definition) is 5. The number of sulfonamides is 1. The summed E-state index contributed by atoms with van der Waals surface area (Å²) in [5.41, 5.74) is 0. The van der Waals surface area contributed by atoms with Crippen LogP contribution in [0.1, 0.15) is 27.2 Å². The number of hydrogen-bond donors (Lipinski definition) is 1. The zero-order chi connectivity index (χ0) is 21.6. The van der Waals surface area contributed by atoms with Gasteiger partial charge in [0, 0.05) is 52.0 Å². The van der Waals surface area contributed by atoms with Crippen LogP contribution in [0.3, 0.4) is 0 Å². The summed E-state index contributed by atoms with van der Waals surface area (Å²) in [7, 11) is -3.32. The SMILES string of the molecule is CCNC(=NCCS(=O)(=O)N1CCN(c2ccccn2)CC1)N1CC(C)CC(C)C1. The highest BCUT2D eigenvalue weighted by molar-refractivity contribution is 7.89. The minimum absolute atomic E-state index is 0.0461. The second-order valence-corrected chi connectivity index (χ2v) is 10.6. The number of aromatic nitrogens is 1. The van der Waals surface area contributed by atoms with Gasteiger partial charge in [0.05, 0.1) is 12.3 Å². The van der Waals surface area contributed by atoms with Gasteiger partial charge in [0.1, 0.15) is 5.82 Å². The lowest BCUT2D eigenvalue weighted by molar-refractivity contribution is 0.208. The van der Waals surface area contributed by atoms with E-state index in [1.807, 2.05) is 25.1 Å². The Morgan fingerprint density at radius 2 is 1.87 bits per heavy atom. The van der Waals surface area contributed by atoms with Crippen LogP contribution in [0.5, 0.6) is 0 Å². The molecule has 9 heteroatoms. The Morgan fingerprint density at radius 1 is 1.17 bits per heavy atom. The smallest absolute Gasteiger partial charge is 0.216 e. The fourth-order valence-electron chi connectivity index (χ4n) is 4.39. The van der Waals surface area contributed by atoms with Crippen LogP contribution in [-0.4, -0.2) is 86.7 Å². The Hall–Kier alpha value is -1.87. The Bertz CT molecular complexity index is 783. The van der Waals surface area contributed by atoms with Gasteiger partial charge in [-0.05, 0) is 37.3 Å². The first-order valence-electron chi connectivity index (χ1n) is 11.1. The van der Waals surface area contributed by atoms with E-state index in [4.69, 9.17) is 0 Å². The standard InChI is InChI=1S/C21H36N6O2S/c1-4-22-21(26-16-18(2)15-19(3)17-26)24-9-14-30(28,29)27-12-10-25(11-13-27)20-7-5-6-8-23-20/h5-8,18-19H,4,9-17H2,1-3H3,(H,22,24). The molecule has 2 aliphatic rings. The van der Waals surface area contributed by atoms with Crippen molar-refractivity contribution >= 4 is 21.8 Å². The quantitative estimate of drug-likeness (QED) is 0.537. The third kappa shape index (κ3) is 6.07. The van der Waals surface area contributed by atoms with E-state index < -0.39 is 10.0 Å². The van der Waals surface area contributed by atoms with Crippen molar-refractivity contribution in [3.8, 4) is 0 Å². The fourth-order valence-corrected chi connectivity index (χ4v) is 5.69. The van der Waals surface area contributed by atoms with Crippen molar-refractivity contribution in [3.05, 3.63) is 24.4 Å². The Labute approximate surface area is 181 Å². The lowest BCUT2D eigenvalue weighted by Crippen LogP contribution is -2.50. The lowest BCUT2D eigenvalue weighted by Gasteiger charge is -2.37. The molecule has 2 aliphatic heterocycles.